The summed E-state index contributed by atoms with van der Waals surface area (Å²) in [7, 11) is 0. The van der Waals surface area contributed by atoms with Crippen molar-refractivity contribution < 1.29 is 4.79 Å². The molecule has 2 atom stereocenters. The largest absolute Gasteiger partial charge is 0.323 e. The highest BCUT2D eigenvalue weighted by Crippen LogP contribution is 2.36. The van der Waals surface area contributed by atoms with Gasteiger partial charge in [0.15, 0.2) is 0 Å². The summed E-state index contributed by atoms with van der Waals surface area (Å²) in [6.07, 6.45) is 2.21. The van der Waals surface area contributed by atoms with Gasteiger partial charge in [0.2, 0.25) is 5.91 Å². The molecule has 1 fully saturated rings. The maximum Gasteiger partial charge on any atom is 0.241 e. The van der Waals surface area contributed by atoms with Crippen LogP contribution in [0.15, 0.2) is 35.7 Å². The van der Waals surface area contributed by atoms with E-state index in [1.165, 1.54) is 4.88 Å². The quantitative estimate of drug-likeness (QED) is 0.802. The number of rotatable bonds is 4. The summed E-state index contributed by atoms with van der Waals surface area (Å²) in [4.78, 5) is 16.2. The second-order valence-corrected chi connectivity index (χ2v) is 7.52. The third kappa shape index (κ3) is 3.72. The molecule has 1 aliphatic heterocycles. The number of hydrogen-bond acceptors (Lipinski definition) is 3. The van der Waals surface area contributed by atoms with Crippen molar-refractivity contribution >= 4 is 46.1 Å². The van der Waals surface area contributed by atoms with Crippen molar-refractivity contribution in [3.05, 3.63) is 50.6 Å². The first kappa shape index (κ1) is 16.8. The van der Waals surface area contributed by atoms with Crippen molar-refractivity contribution in [3.8, 4) is 0 Å². The predicted octanol–water partition coefficient (Wildman–Crippen LogP) is 5.22. The highest BCUT2D eigenvalue weighted by Gasteiger charge is 2.33. The lowest BCUT2D eigenvalue weighted by atomic mass is 10.1. The summed E-state index contributed by atoms with van der Waals surface area (Å²) in [5.41, 5.74) is 0.597. The number of benzene rings is 1. The Labute approximate surface area is 150 Å². The fourth-order valence-electron chi connectivity index (χ4n) is 3.02. The van der Waals surface area contributed by atoms with E-state index in [-0.39, 0.29) is 11.9 Å². The van der Waals surface area contributed by atoms with E-state index in [0.29, 0.717) is 21.8 Å². The fraction of sp³-hybridized carbons (Fsp3) is 0.353. The first-order chi connectivity index (χ1) is 11.1. The Hall–Kier alpha value is -1.07. The average molecular weight is 369 g/mol. The van der Waals surface area contributed by atoms with Crippen LogP contribution in [0.3, 0.4) is 0 Å². The van der Waals surface area contributed by atoms with Crippen molar-refractivity contribution in [1.29, 1.82) is 0 Å². The zero-order valence-corrected chi connectivity index (χ0v) is 15.1. The van der Waals surface area contributed by atoms with E-state index in [9.17, 15) is 4.79 Å². The van der Waals surface area contributed by atoms with Gasteiger partial charge in [-0.1, -0.05) is 29.3 Å². The Morgan fingerprint density at radius 2 is 2.22 bits per heavy atom. The molecule has 0 unspecified atom stereocenters. The first-order valence-corrected chi connectivity index (χ1v) is 9.25. The lowest BCUT2D eigenvalue weighted by Crippen LogP contribution is -2.41. The SMILES string of the molecule is C[C@H](C(=O)Nc1ccc(Cl)cc1Cl)N1CCC[C@H]1c1cccs1. The monoisotopic (exact) mass is 368 g/mol. The van der Waals surface area contributed by atoms with Gasteiger partial charge < -0.3 is 5.32 Å². The third-order valence-corrected chi connectivity index (χ3v) is 5.75. The fourth-order valence-corrected chi connectivity index (χ4v) is 4.36. The third-order valence-electron chi connectivity index (χ3n) is 4.23. The number of anilines is 1. The molecule has 1 aliphatic rings. The molecule has 1 aromatic carbocycles. The number of halogens is 2. The number of likely N-dealkylation sites (tertiary alicyclic amines) is 1. The number of nitrogens with one attached hydrogen (secondary N) is 1. The second kappa shape index (κ2) is 7.22. The average Bonchev–Trinajstić information content (AvgIpc) is 3.19. The molecule has 6 heteroatoms. The van der Waals surface area contributed by atoms with E-state index in [0.717, 1.165) is 19.4 Å². The molecule has 0 radical (unpaired) electrons. The molecule has 0 spiro atoms. The number of hydrogen-bond donors (Lipinski definition) is 1. The molecule has 122 valence electrons. The van der Waals surface area contributed by atoms with Gasteiger partial charge in [-0.15, -0.1) is 11.3 Å². The van der Waals surface area contributed by atoms with E-state index < -0.39 is 0 Å². The van der Waals surface area contributed by atoms with Crippen molar-refractivity contribution in [1.82, 2.24) is 4.90 Å². The minimum Gasteiger partial charge on any atom is -0.323 e. The summed E-state index contributed by atoms with van der Waals surface area (Å²) in [6.45, 7) is 2.89. The van der Waals surface area contributed by atoms with Gasteiger partial charge in [0.05, 0.1) is 16.8 Å². The van der Waals surface area contributed by atoms with Crippen LogP contribution in [0.2, 0.25) is 10.0 Å². The molecule has 1 N–H and O–H groups in total. The second-order valence-electron chi connectivity index (χ2n) is 5.70. The number of thiophene rings is 1. The molecule has 1 amide bonds. The maximum atomic E-state index is 12.6. The van der Waals surface area contributed by atoms with Gasteiger partial charge in [-0.2, -0.15) is 0 Å². The molecule has 1 aromatic heterocycles. The molecular formula is C17H18Cl2N2OS. The molecule has 2 heterocycles. The maximum absolute atomic E-state index is 12.6. The van der Waals surface area contributed by atoms with Crippen molar-refractivity contribution in [2.24, 2.45) is 0 Å². The molecule has 2 aromatic rings. The Morgan fingerprint density at radius 1 is 1.39 bits per heavy atom. The van der Waals surface area contributed by atoms with Crippen LogP contribution < -0.4 is 5.32 Å². The van der Waals surface area contributed by atoms with Crippen LogP contribution in [0, 0.1) is 0 Å². The summed E-state index contributed by atoms with van der Waals surface area (Å²) in [5, 5.41) is 6.01. The predicted molar refractivity (Wildman–Crippen MR) is 97.6 cm³/mol. The van der Waals surface area contributed by atoms with E-state index in [1.54, 1.807) is 29.5 Å². The zero-order valence-electron chi connectivity index (χ0n) is 12.8. The summed E-state index contributed by atoms with van der Waals surface area (Å²) in [5.74, 6) is -0.0438. The van der Waals surface area contributed by atoms with Gasteiger partial charge in [-0.3, -0.25) is 9.69 Å². The zero-order chi connectivity index (χ0) is 16.4. The van der Waals surface area contributed by atoms with Gasteiger partial charge in [-0.05, 0) is 56.0 Å². The Bertz CT molecular complexity index is 690. The van der Waals surface area contributed by atoms with Gasteiger partial charge in [0.1, 0.15) is 0 Å². The standard InChI is InChI=1S/C17H18Cl2N2OS/c1-11(17(22)20-14-7-6-12(18)10-13(14)19)21-8-2-4-15(21)16-5-3-9-23-16/h3,5-7,9-11,15H,2,4,8H2,1H3,(H,20,22)/t11-,15+/m1/s1. The van der Waals surface area contributed by atoms with Crippen molar-refractivity contribution in [3.63, 3.8) is 0 Å². The molecule has 1 saturated heterocycles. The molecule has 0 saturated carbocycles. The highest BCUT2D eigenvalue weighted by atomic mass is 35.5. The number of amides is 1. The summed E-state index contributed by atoms with van der Waals surface area (Å²) in [6, 6.07) is 9.41. The van der Waals surface area contributed by atoms with Crippen LogP contribution in [0.25, 0.3) is 0 Å². The summed E-state index contributed by atoms with van der Waals surface area (Å²) < 4.78 is 0. The van der Waals surface area contributed by atoms with E-state index in [1.807, 2.05) is 6.92 Å². The molecule has 3 rings (SSSR count). The Balaban J connectivity index is 1.71. The van der Waals surface area contributed by atoms with Crippen LogP contribution in [-0.2, 0) is 4.79 Å². The van der Waals surface area contributed by atoms with E-state index >= 15 is 0 Å². The smallest absolute Gasteiger partial charge is 0.241 e. The number of carbonyl (C=O) groups is 1. The van der Waals surface area contributed by atoms with Crippen LogP contribution in [-0.4, -0.2) is 23.4 Å². The van der Waals surface area contributed by atoms with Crippen LogP contribution >= 0.6 is 34.5 Å². The van der Waals surface area contributed by atoms with Crippen LogP contribution in [0.5, 0.6) is 0 Å². The van der Waals surface area contributed by atoms with E-state index in [2.05, 4.69) is 27.7 Å². The Morgan fingerprint density at radius 3 is 2.91 bits per heavy atom. The van der Waals surface area contributed by atoms with Gasteiger partial charge >= 0.3 is 0 Å². The molecule has 3 nitrogen and oxygen atoms in total. The van der Waals surface area contributed by atoms with Gasteiger partial charge in [0.25, 0.3) is 0 Å². The lowest BCUT2D eigenvalue weighted by molar-refractivity contribution is -0.121. The molecule has 23 heavy (non-hydrogen) atoms. The minimum atomic E-state index is -0.212. The highest BCUT2D eigenvalue weighted by molar-refractivity contribution is 7.10. The normalized spacial score (nSPS) is 19.7. The topological polar surface area (TPSA) is 32.3 Å². The Kier molecular flexibility index (Phi) is 5.27. The minimum absolute atomic E-state index is 0.0438. The van der Waals surface area contributed by atoms with Crippen LogP contribution in [0.1, 0.15) is 30.7 Å². The lowest BCUT2D eigenvalue weighted by Gasteiger charge is -2.29. The number of carbonyl (C=O) groups excluding carboxylic acids is 1. The number of nitrogens with zero attached hydrogens (tertiary/aromatic N) is 1. The van der Waals surface area contributed by atoms with Gasteiger partial charge in [0, 0.05) is 15.9 Å². The molecular weight excluding hydrogens is 351 g/mol. The first-order valence-electron chi connectivity index (χ1n) is 7.61. The molecule has 0 bridgehead atoms. The molecule has 0 aliphatic carbocycles. The van der Waals surface area contributed by atoms with E-state index in [4.69, 9.17) is 23.2 Å². The van der Waals surface area contributed by atoms with Gasteiger partial charge in [-0.25, -0.2) is 0 Å². The van der Waals surface area contributed by atoms with Crippen LogP contribution in [0.4, 0.5) is 5.69 Å². The van der Waals surface area contributed by atoms with Crippen molar-refractivity contribution in [2.45, 2.75) is 31.8 Å². The summed E-state index contributed by atoms with van der Waals surface area (Å²) >= 11 is 13.8. The van der Waals surface area contributed by atoms with Crippen molar-refractivity contribution in [2.75, 3.05) is 11.9 Å².